The van der Waals surface area contributed by atoms with Crippen molar-refractivity contribution in [2.45, 2.75) is 27.2 Å². The van der Waals surface area contributed by atoms with Gasteiger partial charge in [0.25, 0.3) is 11.6 Å². The number of rotatable bonds is 5. The van der Waals surface area contributed by atoms with Gasteiger partial charge in [-0.25, -0.2) is 0 Å². The maximum absolute atomic E-state index is 12.9. The molecule has 2 aromatic rings. The van der Waals surface area contributed by atoms with E-state index in [1.54, 1.807) is 24.0 Å². The van der Waals surface area contributed by atoms with Crippen LogP contribution in [0.3, 0.4) is 0 Å². The van der Waals surface area contributed by atoms with Crippen molar-refractivity contribution in [2.24, 2.45) is 0 Å². The second-order valence-corrected chi connectivity index (χ2v) is 5.52. The molecule has 0 unspecified atom stereocenters. The number of anilines is 1. The number of nitro groups is 1. The Labute approximate surface area is 135 Å². The minimum absolute atomic E-state index is 0.119. The average Bonchev–Trinajstić information content (AvgIpc) is 2.51. The summed E-state index contributed by atoms with van der Waals surface area (Å²) in [4.78, 5) is 25.4. The molecule has 0 spiro atoms. The number of para-hydroxylation sites is 1. The Balaban J connectivity index is 2.51. The molecule has 0 aliphatic carbocycles. The fourth-order valence-electron chi connectivity index (χ4n) is 2.59. The lowest BCUT2D eigenvalue weighted by Crippen LogP contribution is -2.32. The van der Waals surface area contributed by atoms with Gasteiger partial charge in [-0.15, -0.1) is 0 Å². The van der Waals surface area contributed by atoms with Crippen molar-refractivity contribution in [3.8, 4) is 0 Å². The summed E-state index contributed by atoms with van der Waals surface area (Å²) in [5.41, 5.74) is 2.29. The minimum atomic E-state index is -0.483. The molecule has 0 radical (unpaired) electrons. The zero-order chi connectivity index (χ0) is 17.0. The summed E-state index contributed by atoms with van der Waals surface area (Å²) >= 11 is 0. The molecule has 0 bridgehead atoms. The zero-order valence-electron chi connectivity index (χ0n) is 13.6. The maximum Gasteiger partial charge on any atom is 0.285 e. The van der Waals surface area contributed by atoms with Gasteiger partial charge >= 0.3 is 0 Å². The number of hydrogen-bond acceptors (Lipinski definition) is 3. The number of nitrogens with zero attached hydrogens (tertiary/aromatic N) is 2. The molecule has 5 heteroatoms. The van der Waals surface area contributed by atoms with Gasteiger partial charge in [-0.3, -0.25) is 14.9 Å². The van der Waals surface area contributed by atoms with E-state index in [4.69, 9.17) is 0 Å². The van der Waals surface area contributed by atoms with E-state index in [9.17, 15) is 14.9 Å². The number of carbonyl (C=O) groups is 1. The number of nitro benzene ring substituents is 1. The predicted molar refractivity (Wildman–Crippen MR) is 91.0 cm³/mol. The SMILES string of the molecule is CCCN(C(=O)c1cccc(C)c1[N+](=O)[O-])c1cccc(C)c1. The summed E-state index contributed by atoms with van der Waals surface area (Å²) in [5, 5.41) is 11.4. The molecule has 2 aromatic carbocycles. The number of hydrogen-bond donors (Lipinski definition) is 0. The van der Waals surface area contributed by atoms with E-state index in [2.05, 4.69) is 0 Å². The lowest BCUT2D eigenvalue weighted by atomic mass is 10.1. The van der Waals surface area contributed by atoms with Crippen LogP contribution in [0.1, 0.15) is 34.8 Å². The first-order chi connectivity index (χ1) is 11.0. The van der Waals surface area contributed by atoms with E-state index < -0.39 is 4.92 Å². The van der Waals surface area contributed by atoms with Gasteiger partial charge in [0.1, 0.15) is 5.56 Å². The second kappa shape index (κ2) is 7.05. The first-order valence-corrected chi connectivity index (χ1v) is 7.58. The Bertz CT molecular complexity index is 741. The lowest BCUT2D eigenvalue weighted by Gasteiger charge is -2.23. The number of carbonyl (C=O) groups excluding carboxylic acids is 1. The Morgan fingerprint density at radius 1 is 1.17 bits per heavy atom. The van der Waals surface area contributed by atoms with Crippen LogP contribution < -0.4 is 4.90 Å². The highest BCUT2D eigenvalue weighted by Crippen LogP contribution is 2.27. The van der Waals surface area contributed by atoms with Crippen LogP contribution in [0.5, 0.6) is 0 Å². The van der Waals surface area contributed by atoms with Crippen LogP contribution in [0.15, 0.2) is 42.5 Å². The van der Waals surface area contributed by atoms with Gasteiger partial charge in [0.05, 0.1) is 4.92 Å². The molecule has 0 aliphatic heterocycles. The van der Waals surface area contributed by atoms with Gasteiger partial charge in [0, 0.05) is 17.8 Å². The molecular formula is C18H20N2O3. The summed E-state index contributed by atoms with van der Waals surface area (Å²) in [6, 6.07) is 12.4. The van der Waals surface area contributed by atoms with Crippen LogP contribution in [-0.2, 0) is 0 Å². The monoisotopic (exact) mass is 312 g/mol. The van der Waals surface area contributed by atoms with Crippen LogP contribution in [0.2, 0.25) is 0 Å². The lowest BCUT2D eigenvalue weighted by molar-refractivity contribution is -0.385. The molecule has 0 saturated carbocycles. The van der Waals surface area contributed by atoms with Gasteiger partial charge in [0.2, 0.25) is 0 Å². The van der Waals surface area contributed by atoms with Crippen LogP contribution in [0.4, 0.5) is 11.4 Å². The molecule has 0 aliphatic rings. The van der Waals surface area contributed by atoms with E-state index in [1.165, 1.54) is 6.07 Å². The van der Waals surface area contributed by atoms with Gasteiger partial charge in [-0.1, -0.05) is 31.2 Å². The fourth-order valence-corrected chi connectivity index (χ4v) is 2.59. The minimum Gasteiger partial charge on any atom is -0.308 e. The highest BCUT2D eigenvalue weighted by molar-refractivity contribution is 6.09. The van der Waals surface area contributed by atoms with Crippen molar-refractivity contribution >= 4 is 17.3 Å². The van der Waals surface area contributed by atoms with Crippen LogP contribution in [0, 0.1) is 24.0 Å². The third kappa shape index (κ3) is 3.56. The van der Waals surface area contributed by atoms with Gasteiger partial charge in [-0.2, -0.15) is 0 Å². The van der Waals surface area contributed by atoms with E-state index in [0.717, 1.165) is 17.7 Å². The number of benzene rings is 2. The molecule has 0 saturated heterocycles. The maximum atomic E-state index is 12.9. The Hall–Kier alpha value is -2.69. The van der Waals surface area contributed by atoms with Crippen molar-refractivity contribution in [2.75, 3.05) is 11.4 Å². The number of amides is 1. The molecule has 120 valence electrons. The van der Waals surface area contributed by atoms with E-state index in [1.807, 2.05) is 38.1 Å². The van der Waals surface area contributed by atoms with Crippen molar-refractivity contribution in [3.05, 3.63) is 69.3 Å². The van der Waals surface area contributed by atoms with Crippen LogP contribution in [-0.4, -0.2) is 17.4 Å². The molecule has 0 atom stereocenters. The molecule has 0 heterocycles. The highest BCUT2D eigenvalue weighted by atomic mass is 16.6. The Morgan fingerprint density at radius 3 is 2.48 bits per heavy atom. The van der Waals surface area contributed by atoms with E-state index in [0.29, 0.717) is 12.1 Å². The standard InChI is InChI=1S/C18H20N2O3/c1-4-11-19(15-9-5-7-13(2)12-15)18(21)16-10-6-8-14(3)17(16)20(22)23/h5-10,12H,4,11H2,1-3H3. The summed E-state index contributed by atoms with van der Waals surface area (Å²) in [6.07, 6.45) is 0.763. The Morgan fingerprint density at radius 2 is 1.87 bits per heavy atom. The molecule has 2 rings (SSSR count). The summed E-state index contributed by atoms with van der Waals surface area (Å²) in [5.74, 6) is -0.340. The summed E-state index contributed by atoms with van der Waals surface area (Å²) in [7, 11) is 0. The van der Waals surface area contributed by atoms with E-state index in [-0.39, 0.29) is 17.2 Å². The molecule has 1 amide bonds. The van der Waals surface area contributed by atoms with Gasteiger partial charge in [0.15, 0.2) is 0 Å². The van der Waals surface area contributed by atoms with Crippen LogP contribution >= 0.6 is 0 Å². The quantitative estimate of drug-likeness (QED) is 0.612. The smallest absolute Gasteiger partial charge is 0.285 e. The highest BCUT2D eigenvalue weighted by Gasteiger charge is 2.26. The van der Waals surface area contributed by atoms with Gasteiger partial charge in [-0.05, 0) is 44.0 Å². The normalized spacial score (nSPS) is 10.4. The fraction of sp³-hybridized carbons (Fsp3) is 0.278. The molecule has 0 fully saturated rings. The van der Waals surface area contributed by atoms with Crippen molar-refractivity contribution in [1.82, 2.24) is 0 Å². The molecule has 5 nitrogen and oxygen atoms in total. The second-order valence-electron chi connectivity index (χ2n) is 5.52. The van der Waals surface area contributed by atoms with Crippen molar-refractivity contribution in [3.63, 3.8) is 0 Å². The average molecular weight is 312 g/mol. The van der Waals surface area contributed by atoms with Crippen molar-refractivity contribution < 1.29 is 9.72 Å². The molecule has 0 N–H and O–H groups in total. The third-order valence-electron chi connectivity index (χ3n) is 3.66. The van der Waals surface area contributed by atoms with Crippen LogP contribution in [0.25, 0.3) is 0 Å². The summed E-state index contributed by atoms with van der Waals surface area (Å²) < 4.78 is 0. The largest absolute Gasteiger partial charge is 0.308 e. The Kier molecular flexibility index (Phi) is 5.11. The molecular weight excluding hydrogens is 292 g/mol. The zero-order valence-corrected chi connectivity index (χ0v) is 13.6. The topological polar surface area (TPSA) is 63.5 Å². The first-order valence-electron chi connectivity index (χ1n) is 7.58. The van der Waals surface area contributed by atoms with Gasteiger partial charge < -0.3 is 4.90 Å². The van der Waals surface area contributed by atoms with E-state index >= 15 is 0 Å². The first kappa shape index (κ1) is 16.7. The third-order valence-corrected chi connectivity index (χ3v) is 3.66. The van der Waals surface area contributed by atoms with Crippen molar-refractivity contribution in [1.29, 1.82) is 0 Å². The molecule has 23 heavy (non-hydrogen) atoms. The number of aryl methyl sites for hydroxylation is 2. The molecule has 0 aromatic heterocycles. The predicted octanol–water partition coefficient (Wildman–Crippen LogP) is 4.27. The summed E-state index contributed by atoms with van der Waals surface area (Å²) in [6.45, 7) is 6.08.